The van der Waals surface area contributed by atoms with Crippen LogP contribution in [-0.2, 0) is 0 Å². The van der Waals surface area contributed by atoms with Gasteiger partial charge in [0.15, 0.2) is 0 Å². The van der Waals surface area contributed by atoms with Crippen LogP contribution in [-0.4, -0.2) is 13.1 Å². The highest BCUT2D eigenvalue weighted by Crippen LogP contribution is 2.25. The molecule has 1 fully saturated rings. The fraction of sp³-hybridized carbons (Fsp3) is 0.385. The van der Waals surface area contributed by atoms with Crippen LogP contribution in [0, 0.1) is 12.7 Å². The first kappa shape index (κ1) is 10.2. The molecule has 0 atom stereocenters. The highest BCUT2D eigenvalue weighted by molar-refractivity contribution is 5.49. The summed E-state index contributed by atoms with van der Waals surface area (Å²) in [5.74, 6) is -0.109. The monoisotopic (exact) mass is 205 g/mol. The molecule has 0 aromatic heterocycles. The Morgan fingerprint density at radius 3 is 2.53 bits per heavy atom. The van der Waals surface area contributed by atoms with E-state index in [0.29, 0.717) is 0 Å². The van der Waals surface area contributed by atoms with Crippen LogP contribution in [0.1, 0.15) is 18.4 Å². The van der Waals surface area contributed by atoms with Crippen LogP contribution in [0.4, 0.5) is 10.1 Å². The van der Waals surface area contributed by atoms with Crippen LogP contribution in [0.3, 0.4) is 0 Å². The molecule has 0 bridgehead atoms. The van der Waals surface area contributed by atoms with Crippen molar-refractivity contribution in [3.05, 3.63) is 41.7 Å². The Balaban J connectivity index is 2.19. The quantitative estimate of drug-likeness (QED) is 0.636. The predicted octanol–water partition coefficient (Wildman–Crippen LogP) is 3.29. The average molecular weight is 205 g/mol. The van der Waals surface area contributed by atoms with Crippen molar-refractivity contribution in [2.45, 2.75) is 19.8 Å². The molecule has 0 unspecified atom stereocenters. The van der Waals surface area contributed by atoms with Gasteiger partial charge in [0.05, 0.1) is 5.69 Å². The van der Waals surface area contributed by atoms with Crippen LogP contribution in [0.2, 0.25) is 0 Å². The second-order valence-corrected chi connectivity index (χ2v) is 4.19. The minimum atomic E-state index is -0.109. The first-order valence-electron chi connectivity index (χ1n) is 5.34. The van der Waals surface area contributed by atoms with E-state index >= 15 is 0 Å². The maximum absolute atomic E-state index is 13.7. The van der Waals surface area contributed by atoms with Crippen LogP contribution < -0.4 is 4.90 Å². The Hall–Kier alpha value is -1.31. The van der Waals surface area contributed by atoms with E-state index in [-0.39, 0.29) is 5.82 Å². The van der Waals surface area contributed by atoms with Crippen LogP contribution in [0.15, 0.2) is 30.4 Å². The van der Waals surface area contributed by atoms with E-state index in [4.69, 9.17) is 0 Å². The summed E-state index contributed by atoms with van der Waals surface area (Å²) in [7, 11) is 0. The van der Waals surface area contributed by atoms with Gasteiger partial charge in [-0.1, -0.05) is 18.2 Å². The Bertz CT molecular complexity index is 374. The first-order valence-corrected chi connectivity index (χ1v) is 5.34. The van der Waals surface area contributed by atoms with E-state index in [1.807, 2.05) is 19.1 Å². The van der Waals surface area contributed by atoms with Crippen LogP contribution in [0.25, 0.3) is 0 Å². The summed E-state index contributed by atoms with van der Waals surface area (Å²) in [6.45, 7) is 7.64. The Morgan fingerprint density at radius 1 is 1.27 bits per heavy atom. The first-order chi connectivity index (χ1) is 7.16. The minimum absolute atomic E-state index is 0.109. The highest BCUT2D eigenvalue weighted by Gasteiger charge is 2.15. The molecular formula is C13H16FN. The second kappa shape index (κ2) is 4.05. The molecule has 0 saturated carbocycles. The molecule has 1 aliphatic heterocycles. The van der Waals surface area contributed by atoms with Crippen molar-refractivity contribution in [3.8, 4) is 0 Å². The third kappa shape index (κ3) is 2.20. The van der Waals surface area contributed by atoms with Gasteiger partial charge in [-0.3, -0.25) is 0 Å². The molecule has 1 nitrogen and oxygen atoms in total. The molecule has 1 aliphatic rings. The van der Waals surface area contributed by atoms with Crippen LogP contribution in [0.5, 0.6) is 0 Å². The number of nitrogens with zero attached hydrogens (tertiary/aromatic N) is 1. The molecule has 2 rings (SSSR count). The van der Waals surface area contributed by atoms with Gasteiger partial charge in [-0.05, 0) is 37.5 Å². The van der Waals surface area contributed by atoms with Gasteiger partial charge in [-0.2, -0.15) is 0 Å². The van der Waals surface area contributed by atoms with Gasteiger partial charge in [-0.25, -0.2) is 4.39 Å². The van der Waals surface area contributed by atoms with E-state index in [2.05, 4.69) is 11.5 Å². The molecule has 0 radical (unpaired) electrons. The highest BCUT2D eigenvalue weighted by atomic mass is 19.1. The summed E-state index contributed by atoms with van der Waals surface area (Å²) in [5, 5.41) is 0. The van der Waals surface area contributed by atoms with E-state index in [0.717, 1.165) is 37.2 Å². The van der Waals surface area contributed by atoms with E-state index < -0.39 is 0 Å². The van der Waals surface area contributed by atoms with Crippen molar-refractivity contribution in [1.29, 1.82) is 0 Å². The van der Waals surface area contributed by atoms with Gasteiger partial charge in [0.1, 0.15) is 5.82 Å². The topological polar surface area (TPSA) is 3.24 Å². The maximum atomic E-state index is 13.7. The normalized spacial score (nSPS) is 16.9. The number of hydrogen-bond acceptors (Lipinski definition) is 1. The number of piperidine rings is 1. The van der Waals surface area contributed by atoms with Gasteiger partial charge in [0.2, 0.25) is 0 Å². The molecule has 0 N–H and O–H groups in total. The van der Waals surface area contributed by atoms with Gasteiger partial charge >= 0.3 is 0 Å². The molecule has 0 aliphatic carbocycles. The van der Waals surface area contributed by atoms with Crippen molar-refractivity contribution in [3.63, 3.8) is 0 Å². The molecule has 1 heterocycles. The van der Waals surface area contributed by atoms with Gasteiger partial charge in [-0.15, -0.1) is 0 Å². The Labute approximate surface area is 90.2 Å². The van der Waals surface area contributed by atoms with Crippen molar-refractivity contribution in [2.75, 3.05) is 18.0 Å². The third-order valence-corrected chi connectivity index (χ3v) is 2.91. The van der Waals surface area contributed by atoms with Gasteiger partial charge in [0.25, 0.3) is 0 Å². The summed E-state index contributed by atoms with van der Waals surface area (Å²) < 4.78 is 13.7. The number of anilines is 1. The number of halogens is 1. The fourth-order valence-corrected chi connectivity index (χ4v) is 1.93. The molecule has 80 valence electrons. The standard InChI is InChI=1S/C13H16FN/c1-10-5-7-15(8-6-10)13-4-3-11(2)9-12(13)14/h3-4,9H,1,5-8H2,2H3. The zero-order valence-electron chi connectivity index (χ0n) is 9.09. The van der Waals surface area contributed by atoms with E-state index in [9.17, 15) is 4.39 Å². The van der Waals surface area contributed by atoms with E-state index in [1.165, 1.54) is 5.57 Å². The van der Waals surface area contributed by atoms with Gasteiger partial charge < -0.3 is 4.90 Å². The lowest BCUT2D eigenvalue weighted by Crippen LogP contribution is -2.30. The van der Waals surface area contributed by atoms with Crippen molar-refractivity contribution in [1.82, 2.24) is 0 Å². The van der Waals surface area contributed by atoms with E-state index in [1.54, 1.807) is 6.07 Å². The molecular weight excluding hydrogens is 189 g/mol. The fourth-order valence-electron chi connectivity index (χ4n) is 1.93. The molecule has 1 saturated heterocycles. The lowest BCUT2D eigenvalue weighted by atomic mass is 10.0. The smallest absolute Gasteiger partial charge is 0.146 e. The van der Waals surface area contributed by atoms with Crippen LogP contribution >= 0.6 is 0 Å². The minimum Gasteiger partial charge on any atom is -0.369 e. The zero-order chi connectivity index (χ0) is 10.8. The maximum Gasteiger partial charge on any atom is 0.146 e. The largest absolute Gasteiger partial charge is 0.369 e. The number of aryl methyl sites for hydroxylation is 1. The molecule has 0 spiro atoms. The molecule has 15 heavy (non-hydrogen) atoms. The number of benzene rings is 1. The zero-order valence-corrected chi connectivity index (χ0v) is 9.09. The average Bonchev–Trinajstić information content (AvgIpc) is 2.20. The Morgan fingerprint density at radius 2 is 1.93 bits per heavy atom. The second-order valence-electron chi connectivity index (χ2n) is 4.19. The number of rotatable bonds is 1. The summed E-state index contributed by atoms with van der Waals surface area (Å²) in [5.41, 5.74) is 2.98. The summed E-state index contributed by atoms with van der Waals surface area (Å²) in [6.07, 6.45) is 1.96. The van der Waals surface area contributed by atoms with Gasteiger partial charge in [0, 0.05) is 13.1 Å². The molecule has 2 heteroatoms. The summed E-state index contributed by atoms with van der Waals surface area (Å²) >= 11 is 0. The molecule has 0 amide bonds. The predicted molar refractivity (Wildman–Crippen MR) is 61.7 cm³/mol. The third-order valence-electron chi connectivity index (χ3n) is 2.91. The SMILES string of the molecule is C=C1CCN(c2ccc(C)cc2F)CC1. The lowest BCUT2D eigenvalue weighted by Gasteiger charge is -2.30. The molecule has 1 aromatic rings. The van der Waals surface area contributed by atoms with Crippen molar-refractivity contribution < 1.29 is 4.39 Å². The molecule has 1 aromatic carbocycles. The summed E-state index contributed by atoms with van der Waals surface area (Å²) in [4.78, 5) is 2.10. The Kier molecular flexibility index (Phi) is 2.76. The van der Waals surface area contributed by atoms with Crippen molar-refractivity contribution >= 4 is 5.69 Å². The number of hydrogen-bond donors (Lipinski definition) is 0. The van der Waals surface area contributed by atoms with Crippen molar-refractivity contribution in [2.24, 2.45) is 0 Å². The summed E-state index contributed by atoms with van der Waals surface area (Å²) in [6, 6.07) is 5.43. The lowest BCUT2D eigenvalue weighted by molar-refractivity contribution is 0.603.